The fourth-order valence-corrected chi connectivity index (χ4v) is 3.88. The minimum absolute atomic E-state index is 0. The summed E-state index contributed by atoms with van der Waals surface area (Å²) < 4.78 is 10.6. The molecule has 4 heterocycles. The van der Waals surface area contributed by atoms with E-state index < -0.39 is 0 Å². The molecule has 1 atom stereocenters. The number of hydrogen-bond acceptors (Lipinski definition) is 8. The van der Waals surface area contributed by atoms with Crippen LogP contribution in [-0.4, -0.2) is 47.6 Å². The molecule has 0 radical (unpaired) electrons. The number of hydrogen-bond donors (Lipinski definition) is 2. The average molecular weight is 410 g/mol. The third kappa shape index (κ3) is 4.06. The number of rotatable bonds is 4. The summed E-state index contributed by atoms with van der Waals surface area (Å²) in [5, 5.41) is 11.0. The van der Waals surface area contributed by atoms with Gasteiger partial charge in [0, 0.05) is 19.6 Å². The van der Waals surface area contributed by atoms with Crippen LogP contribution in [-0.2, 0) is 0 Å². The Morgan fingerprint density at radius 2 is 2.33 bits per heavy atom. The van der Waals surface area contributed by atoms with Crippen LogP contribution >= 0.6 is 23.7 Å². The molecule has 0 bridgehead atoms. The number of nitrogens with one attached hydrogen (secondary N) is 2. The number of furan rings is 1. The van der Waals surface area contributed by atoms with E-state index >= 15 is 0 Å². The normalized spacial score (nSPS) is 17.5. The number of likely N-dealkylation sites (N-methyl/N-ethyl adjacent to an activating group) is 1. The Morgan fingerprint density at radius 1 is 1.48 bits per heavy atom. The molecule has 1 unspecified atom stereocenters. The zero-order chi connectivity index (χ0) is 18.1. The van der Waals surface area contributed by atoms with E-state index in [9.17, 15) is 4.79 Å². The van der Waals surface area contributed by atoms with Gasteiger partial charge in [0.1, 0.15) is 0 Å². The first-order chi connectivity index (χ1) is 12.6. The Kier molecular flexibility index (Phi) is 5.95. The van der Waals surface area contributed by atoms with Gasteiger partial charge in [0.25, 0.3) is 11.8 Å². The molecular weight excluding hydrogens is 390 g/mol. The van der Waals surface area contributed by atoms with Crippen LogP contribution < -0.4 is 10.6 Å². The quantitative estimate of drug-likeness (QED) is 0.683. The van der Waals surface area contributed by atoms with Crippen molar-refractivity contribution in [2.75, 3.05) is 32.0 Å². The lowest BCUT2D eigenvalue weighted by Crippen LogP contribution is -2.44. The molecule has 1 aliphatic heterocycles. The summed E-state index contributed by atoms with van der Waals surface area (Å²) in [6.07, 6.45) is 1.47. The molecule has 3 aromatic heterocycles. The van der Waals surface area contributed by atoms with Gasteiger partial charge in [-0.15, -0.1) is 23.7 Å². The largest absolute Gasteiger partial charge is 0.459 e. The molecule has 0 saturated carbocycles. The van der Waals surface area contributed by atoms with E-state index in [0.29, 0.717) is 16.7 Å². The molecule has 4 rings (SSSR count). The first kappa shape index (κ1) is 19.6. The maximum atomic E-state index is 12.1. The van der Waals surface area contributed by atoms with Gasteiger partial charge in [0.05, 0.1) is 22.2 Å². The Labute approximate surface area is 166 Å². The summed E-state index contributed by atoms with van der Waals surface area (Å²) >= 11 is 1.40. The Balaban J connectivity index is 0.00000210. The van der Waals surface area contributed by atoms with E-state index in [1.807, 2.05) is 13.0 Å². The van der Waals surface area contributed by atoms with Gasteiger partial charge < -0.3 is 19.6 Å². The monoisotopic (exact) mass is 409 g/mol. The van der Waals surface area contributed by atoms with Crippen molar-refractivity contribution >= 4 is 34.7 Å². The molecule has 1 saturated heterocycles. The smallest absolute Gasteiger partial charge is 0.291 e. The number of aryl methyl sites for hydroxylation is 1. The van der Waals surface area contributed by atoms with Gasteiger partial charge in [0.15, 0.2) is 11.6 Å². The van der Waals surface area contributed by atoms with Gasteiger partial charge in [-0.05, 0) is 37.7 Å². The van der Waals surface area contributed by atoms with Crippen molar-refractivity contribution in [1.29, 1.82) is 0 Å². The number of nitrogens with zero attached hydrogens (tertiary/aromatic N) is 3. The molecule has 8 nitrogen and oxygen atoms in total. The standard InChI is InChI=1S/C17H19N5O3S.ClH/c1-10-8-13(19-16(23)12-4-3-7-24-12)26-14(10)17-20-15(21-25-17)11-9-18-5-6-22(11)2;/h3-4,7-8,11,18H,5-6,9H2,1-2H3,(H,19,23);1H. The molecule has 1 amide bonds. The molecule has 27 heavy (non-hydrogen) atoms. The zero-order valence-corrected chi connectivity index (χ0v) is 16.5. The summed E-state index contributed by atoms with van der Waals surface area (Å²) in [7, 11) is 2.06. The summed E-state index contributed by atoms with van der Waals surface area (Å²) in [5.74, 6) is 1.12. The van der Waals surface area contributed by atoms with Crippen LogP contribution in [0, 0.1) is 6.92 Å². The second-order valence-corrected chi connectivity index (χ2v) is 7.26. The second kappa shape index (κ2) is 8.22. The third-order valence-corrected chi connectivity index (χ3v) is 5.49. The van der Waals surface area contributed by atoms with Crippen LogP contribution in [0.3, 0.4) is 0 Å². The van der Waals surface area contributed by atoms with Crippen LogP contribution in [0.1, 0.15) is 28.0 Å². The molecule has 0 aliphatic carbocycles. The molecule has 0 spiro atoms. The van der Waals surface area contributed by atoms with Crippen molar-refractivity contribution in [3.05, 3.63) is 41.6 Å². The van der Waals surface area contributed by atoms with Crippen LogP contribution in [0.15, 0.2) is 33.4 Å². The molecule has 2 N–H and O–H groups in total. The summed E-state index contributed by atoms with van der Waals surface area (Å²) in [4.78, 5) is 19.8. The molecule has 1 fully saturated rings. The van der Waals surface area contributed by atoms with Gasteiger partial charge >= 0.3 is 0 Å². The lowest BCUT2D eigenvalue weighted by molar-refractivity contribution is 0.0997. The number of aromatic nitrogens is 2. The van der Waals surface area contributed by atoms with Crippen molar-refractivity contribution in [3.63, 3.8) is 0 Å². The third-order valence-electron chi connectivity index (χ3n) is 4.34. The number of carbonyl (C=O) groups is 1. The van der Waals surface area contributed by atoms with Crippen LogP contribution in [0.25, 0.3) is 10.8 Å². The number of piperazine rings is 1. The maximum Gasteiger partial charge on any atom is 0.291 e. The van der Waals surface area contributed by atoms with E-state index in [1.165, 1.54) is 17.6 Å². The van der Waals surface area contributed by atoms with Crippen molar-refractivity contribution in [1.82, 2.24) is 20.4 Å². The average Bonchev–Trinajstić information content (AvgIpc) is 3.35. The number of carbonyl (C=O) groups excluding carboxylic acids is 1. The SMILES string of the molecule is Cc1cc(NC(=O)c2ccco2)sc1-c1nc(C2CNCCN2C)no1.Cl. The fourth-order valence-electron chi connectivity index (χ4n) is 2.89. The van der Waals surface area contributed by atoms with Gasteiger partial charge in [-0.3, -0.25) is 9.69 Å². The highest BCUT2D eigenvalue weighted by molar-refractivity contribution is 7.19. The Hall–Kier alpha value is -2.20. The summed E-state index contributed by atoms with van der Waals surface area (Å²) in [6.45, 7) is 4.64. The highest BCUT2D eigenvalue weighted by atomic mass is 35.5. The van der Waals surface area contributed by atoms with E-state index in [0.717, 1.165) is 30.1 Å². The van der Waals surface area contributed by atoms with Crippen molar-refractivity contribution in [3.8, 4) is 10.8 Å². The molecule has 1 aliphatic rings. The molecule has 144 valence electrons. The number of anilines is 1. The lowest BCUT2D eigenvalue weighted by atomic mass is 10.2. The number of amides is 1. The zero-order valence-electron chi connectivity index (χ0n) is 14.9. The van der Waals surface area contributed by atoms with Crippen molar-refractivity contribution in [2.45, 2.75) is 13.0 Å². The Bertz CT molecular complexity index is 908. The van der Waals surface area contributed by atoms with E-state index in [4.69, 9.17) is 8.94 Å². The van der Waals surface area contributed by atoms with Crippen LogP contribution in [0.4, 0.5) is 5.00 Å². The fraction of sp³-hybridized carbons (Fsp3) is 0.353. The van der Waals surface area contributed by atoms with Gasteiger partial charge in [-0.25, -0.2) is 0 Å². The predicted molar refractivity (Wildman–Crippen MR) is 104 cm³/mol. The molecule has 10 heteroatoms. The Morgan fingerprint density at radius 3 is 3.07 bits per heavy atom. The van der Waals surface area contributed by atoms with Gasteiger partial charge in [-0.1, -0.05) is 5.16 Å². The topological polar surface area (TPSA) is 96.4 Å². The second-order valence-electron chi connectivity index (χ2n) is 6.21. The predicted octanol–water partition coefficient (Wildman–Crippen LogP) is 2.95. The van der Waals surface area contributed by atoms with Crippen molar-refractivity contribution in [2.24, 2.45) is 0 Å². The lowest BCUT2D eigenvalue weighted by Gasteiger charge is -2.30. The highest BCUT2D eigenvalue weighted by Crippen LogP contribution is 2.35. The van der Waals surface area contributed by atoms with Gasteiger partial charge in [-0.2, -0.15) is 4.98 Å². The molecule has 0 aromatic carbocycles. The van der Waals surface area contributed by atoms with E-state index in [2.05, 4.69) is 32.7 Å². The van der Waals surface area contributed by atoms with E-state index in [1.54, 1.807) is 12.1 Å². The minimum Gasteiger partial charge on any atom is -0.459 e. The molecular formula is C17H20ClN5O3S. The first-order valence-electron chi connectivity index (χ1n) is 8.32. The van der Waals surface area contributed by atoms with Crippen LogP contribution in [0.2, 0.25) is 0 Å². The van der Waals surface area contributed by atoms with E-state index in [-0.39, 0.29) is 30.1 Å². The van der Waals surface area contributed by atoms with Crippen molar-refractivity contribution < 1.29 is 13.7 Å². The number of thiophene rings is 1. The maximum absolute atomic E-state index is 12.1. The minimum atomic E-state index is -0.288. The first-order valence-corrected chi connectivity index (χ1v) is 9.13. The van der Waals surface area contributed by atoms with Crippen LogP contribution in [0.5, 0.6) is 0 Å². The number of halogens is 1. The summed E-state index contributed by atoms with van der Waals surface area (Å²) in [6, 6.07) is 5.28. The highest BCUT2D eigenvalue weighted by Gasteiger charge is 2.26. The molecule has 3 aromatic rings. The summed E-state index contributed by atoms with van der Waals surface area (Å²) in [5.41, 5.74) is 0.968. The van der Waals surface area contributed by atoms with Gasteiger partial charge in [0.2, 0.25) is 0 Å².